The van der Waals surface area contributed by atoms with E-state index in [0.717, 1.165) is 28.1 Å². The normalized spacial score (nSPS) is 10.3. The Balaban J connectivity index is 1.68. The minimum Gasteiger partial charge on any atom is -0.497 e. The first-order valence-electron chi connectivity index (χ1n) is 8.64. The van der Waals surface area contributed by atoms with E-state index >= 15 is 0 Å². The van der Waals surface area contributed by atoms with Crippen LogP contribution in [0.2, 0.25) is 0 Å². The summed E-state index contributed by atoms with van der Waals surface area (Å²) in [7, 11) is 1.63. The molecule has 1 aromatic heterocycles. The van der Waals surface area contributed by atoms with Gasteiger partial charge < -0.3 is 15.4 Å². The maximum absolute atomic E-state index is 12.6. The smallest absolute Gasteiger partial charge is 0.274 e. The number of methoxy groups -OCH3 is 1. The van der Waals surface area contributed by atoms with Crippen LogP contribution in [0.25, 0.3) is 0 Å². The molecule has 0 atom stereocenters. The average Bonchev–Trinajstić information content (AvgIpc) is 2.70. The fourth-order valence-corrected chi connectivity index (χ4v) is 2.68. The van der Waals surface area contributed by atoms with Crippen molar-refractivity contribution in [3.8, 4) is 5.75 Å². The molecule has 0 aliphatic heterocycles. The van der Waals surface area contributed by atoms with Crippen LogP contribution in [0.15, 0.2) is 54.7 Å². The summed E-state index contributed by atoms with van der Waals surface area (Å²) in [6.07, 6.45) is 1.57. The van der Waals surface area contributed by atoms with E-state index in [1.807, 2.05) is 56.3 Å². The number of carbonyl (C=O) groups excluding carboxylic acids is 1. The maximum atomic E-state index is 12.6. The first kappa shape index (κ1) is 18.4. The Morgan fingerprint density at radius 2 is 1.74 bits per heavy atom. The van der Waals surface area contributed by atoms with E-state index in [1.165, 1.54) is 0 Å². The highest BCUT2D eigenvalue weighted by molar-refractivity contribution is 6.03. The fraction of sp³-hybridized carbons (Fsp3) is 0.190. The minimum absolute atomic E-state index is 0.262. The van der Waals surface area contributed by atoms with Crippen LogP contribution in [-0.4, -0.2) is 23.0 Å². The Bertz CT molecular complexity index is 919. The van der Waals surface area contributed by atoms with Crippen LogP contribution in [0, 0.1) is 13.8 Å². The highest BCUT2D eigenvalue weighted by atomic mass is 16.5. The number of rotatable bonds is 6. The Labute approximate surface area is 158 Å². The van der Waals surface area contributed by atoms with Crippen LogP contribution in [0.5, 0.6) is 5.75 Å². The molecule has 1 heterocycles. The molecular weight excluding hydrogens is 340 g/mol. The number of anilines is 2. The topological polar surface area (TPSA) is 76.1 Å². The van der Waals surface area contributed by atoms with Gasteiger partial charge >= 0.3 is 0 Å². The molecule has 3 aromatic rings. The predicted molar refractivity (Wildman–Crippen MR) is 106 cm³/mol. The second-order valence-electron chi connectivity index (χ2n) is 6.19. The summed E-state index contributed by atoms with van der Waals surface area (Å²) in [5.74, 6) is 0.947. The standard InChI is InChI=1S/C21H22N4O2/c1-14-5-4-6-15(2)19(14)25-20(26)18-11-12-22-21(24-18)23-13-16-7-9-17(27-3)10-8-16/h4-12H,13H2,1-3H3,(H,25,26)(H,22,23,24). The summed E-state index contributed by atoms with van der Waals surface area (Å²) >= 11 is 0. The molecule has 3 rings (SSSR count). The Morgan fingerprint density at radius 3 is 2.41 bits per heavy atom. The predicted octanol–water partition coefficient (Wildman–Crippen LogP) is 3.97. The Morgan fingerprint density at radius 1 is 1.04 bits per heavy atom. The number of carbonyl (C=O) groups is 1. The summed E-state index contributed by atoms with van der Waals surface area (Å²) in [5.41, 5.74) is 4.20. The molecule has 1 amide bonds. The number of benzene rings is 2. The number of amides is 1. The molecule has 0 saturated heterocycles. The second kappa shape index (κ2) is 8.31. The molecule has 0 spiro atoms. The van der Waals surface area contributed by atoms with Gasteiger partial charge in [-0.25, -0.2) is 9.97 Å². The van der Waals surface area contributed by atoms with Gasteiger partial charge in [0.25, 0.3) is 5.91 Å². The summed E-state index contributed by atoms with van der Waals surface area (Å²) in [5, 5.41) is 6.07. The van der Waals surface area contributed by atoms with Gasteiger partial charge in [-0.05, 0) is 48.7 Å². The molecule has 0 radical (unpaired) electrons. The van der Waals surface area contributed by atoms with Crippen molar-refractivity contribution >= 4 is 17.5 Å². The summed E-state index contributed by atoms with van der Waals surface area (Å²) in [6.45, 7) is 4.47. The van der Waals surface area contributed by atoms with Gasteiger partial charge in [0.15, 0.2) is 0 Å². The molecule has 0 unspecified atom stereocenters. The molecule has 0 fully saturated rings. The van der Waals surface area contributed by atoms with E-state index in [1.54, 1.807) is 19.4 Å². The van der Waals surface area contributed by atoms with Gasteiger partial charge in [-0.1, -0.05) is 30.3 Å². The largest absolute Gasteiger partial charge is 0.497 e. The number of ether oxygens (including phenoxy) is 1. The molecule has 0 aliphatic rings. The third kappa shape index (κ3) is 4.61. The van der Waals surface area contributed by atoms with Crippen LogP contribution < -0.4 is 15.4 Å². The maximum Gasteiger partial charge on any atom is 0.274 e. The van der Waals surface area contributed by atoms with Crippen molar-refractivity contribution in [1.29, 1.82) is 0 Å². The van der Waals surface area contributed by atoms with E-state index < -0.39 is 0 Å². The number of aryl methyl sites for hydroxylation is 2. The van der Waals surface area contributed by atoms with Crippen molar-refractivity contribution in [1.82, 2.24) is 9.97 Å². The fourth-order valence-electron chi connectivity index (χ4n) is 2.68. The van der Waals surface area contributed by atoms with E-state index in [0.29, 0.717) is 18.2 Å². The average molecular weight is 362 g/mol. The molecule has 138 valence electrons. The van der Waals surface area contributed by atoms with E-state index in [9.17, 15) is 4.79 Å². The number of hydrogen-bond acceptors (Lipinski definition) is 5. The van der Waals surface area contributed by atoms with Gasteiger partial charge in [-0.15, -0.1) is 0 Å². The number of hydrogen-bond donors (Lipinski definition) is 2. The van der Waals surface area contributed by atoms with Gasteiger partial charge in [-0.2, -0.15) is 0 Å². The third-order valence-corrected chi connectivity index (χ3v) is 4.22. The van der Waals surface area contributed by atoms with E-state index in [2.05, 4.69) is 20.6 Å². The molecule has 27 heavy (non-hydrogen) atoms. The van der Waals surface area contributed by atoms with Crippen molar-refractivity contribution in [2.75, 3.05) is 17.7 Å². The molecule has 0 saturated carbocycles. The summed E-state index contributed by atoms with van der Waals surface area (Å²) in [4.78, 5) is 21.1. The lowest BCUT2D eigenvalue weighted by molar-refractivity contribution is 0.102. The van der Waals surface area contributed by atoms with Crippen molar-refractivity contribution in [3.63, 3.8) is 0 Å². The van der Waals surface area contributed by atoms with E-state index in [4.69, 9.17) is 4.74 Å². The molecule has 0 aliphatic carbocycles. The molecular formula is C21H22N4O2. The molecule has 6 nitrogen and oxygen atoms in total. The van der Waals surface area contributed by atoms with Crippen LogP contribution in [0.3, 0.4) is 0 Å². The van der Waals surface area contributed by atoms with Gasteiger partial charge in [-0.3, -0.25) is 4.79 Å². The highest BCUT2D eigenvalue weighted by Crippen LogP contribution is 2.20. The third-order valence-electron chi connectivity index (χ3n) is 4.22. The zero-order chi connectivity index (χ0) is 19.2. The lowest BCUT2D eigenvalue weighted by Gasteiger charge is -2.11. The van der Waals surface area contributed by atoms with Crippen LogP contribution in [0.1, 0.15) is 27.2 Å². The quantitative estimate of drug-likeness (QED) is 0.694. The zero-order valence-electron chi connectivity index (χ0n) is 15.6. The van der Waals surface area contributed by atoms with Gasteiger partial charge in [0.1, 0.15) is 11.4 Å². The number of aromatic nitrogens is 2. The van der Waals surface area contributed by atoms with Crippen molar-refractivity contribution in [2.24, 2.45) is 0 Å². The second-order valence-corrected chi connectivity index (χ2v) is 6.19. The molecule has 2 N–H and O–H groups in total. The molecule has 6 heteroatoms. The van der Waals surface area contributed by atoms with Gasteiger partial charge in [0.2, 0.25) is 5.95 Å². The SMILES string of the molecule is COc1ccc(CNc2nccc(C(=O)Nc3c(C)cccc3C)n2)cc1. The first-order valence-corrected chi connectivity index (χ1v) is 8.64. The van der Waals surface area contributed by atoms with Gasteiger partial charge in [0.05, 0.1) is 7.11 Å². The summed E-state index contributed by atoms with van der Waals surface area (Å²) < 4.78 is 5.15. The van der Waals surface area contributed by atoms with Gasteiger partial charge in [0, 0.05) is 18.4 Å². The lowest BCUT2D eigenvalue weighted by Crippen LogP contribution is -2.16. The van der Waals surface area contributed by atoms with E-state index in [-0.39, 0.29) is 5.91 Å². The lowest BCUT2D eigenvalue weighted by atomic mass is 10.1. The monoisotopic (exact) mass is 362 g/mol. The number of para-hydroxylation sites is 1. The Kier molecular flexibility index (Phi) is 5.66. The first-order chi connectivity index (χ1) is 13.1. The van der Waals surface area contributed by atoms with Crippen LogP contribution >= 0.6 is 0 Å². The number of nitrogens with zero attached hydrogens (tertiary/aromatic N) is 2. The van der Waals surface area contributed by atoms with Crippen molar-refractivity contribution in [2.45, 2.75) is 20.4 Å². The zero-order valence-corrected chi connectivity index (χ0v) is 15.6. The molecule has 2 aromatic carbocycles. The molecule has 0 bridgehead atoms. The summed E-state index contributed by atoms with van der Waals surface area (Å²) in [6, 6.07) is 15.2. The van der Waals surface area contributed by atoms with Crippen LogP contribution in [-0.2, 0) is 6.54 Å². The Hall–Kier alpha value is -3.41. The highest BCUT2D eigenvalue weighted by Gasteiger charge is 2.12. The van der Waals surface area contributed by atoms with Crippen molar-refractivity contribution in [3.05, 3.63) is 77.1 Å². The van der Waals surface area contributed by atoms with Crippen molar-refractivity contribution < 1.29 is 9.53 Å². The van der Waals surface area contributed by atoms with Crippen LogP contribution in [0.4, 0.5) is 11.6 Å². The minimum atomic E-state index is -0.262. The number of nitrogens with one attached hydrogen (secondary N) is 2.